The van der Waals surface area contributed by atoms with Crippen molar-refractivity contribution in [3.05, 3.63) is 52.0 Å². The second kappa shape index (κ2) is 5.21. The molecule has 1 aromatic carbocycles. The summed E-state index contributed by atoms with van der Waals surface area (Å²) in [7, 11) is 0. The largest absolute Gasteiger partial charge is 0.330 e. The highest BCUT2D eigenvalue weighted by Crippen LogP contribution is 2.19. The van der Waals surface area contributed by atoms with Crippen LogP contribution >= 0.6 is 11.3 Å². The third-order valence-electron chi connectivity index (χ3n) is 3.61. The van der Waals surface area contributed by atoms with Crippen LogP contribution in [0.25, 0.3) is 11.0 Å². The van der Waals surface area contributed by atoms with Crippen molar-refractivity contribution in [2.24, 2.45) is 0 Å². The lowest BCUT2D eigenvalue weighted by Gasteiger charge is -2.05. The Bertz CT molecular complexity index is 756. The quantitative estimate of drug-likeness (QED) is 0.679. The van der Waals surface area contributed by atoms with Crippen LogP contribution in [0, 0.1) is 13.8 Å². The lowest BCUT2D eigenvalue weighted by Crippen LogP contribution is -2.04. The predicted molar refractivity (Wildman–Crippen MR) is 82.5 cm³/mol. The molecule has 2 aromatic heterocycles. The van der Waals surface area contributed by atoms with Crippen LogP contribution in [-0.4, -0.2) is 15.3 Å². The van der Waals surface area contributed by atoms with Crippen LogP contribution in [0.15, 0.2) is 36.0 Å². The molecule has 3 rings (SSSR count). The first kappa shape index (κ1) is 13.1. The summed E-state index contributed by atoms with van der Waals surface area (Å²) in [6.07, 6.45) is 2.34. The number of hydrogen-bond acceptors (Lipinski definition) is 3. The van der Waals surface area contributed by atoms with E-state index in [-0.39, 0.29) is 5.78 Å². The van der Waals surface area contributed by atoms with Crippen LogP contribution in [0.5, 0.6) is 0 Å². The molecule has 0 amide bonds. The summed E-state index contributed by atoms with van der Waals surface area (Å²) in [6, 6.07) is 8.04. The number of aromatic nitrogens is 2. The van der Waals surface area contributed by atoms with Crippen LogP contribution in [0.2, 0.25) is 0 Å². The smallest absolute Gasteiger partial charge is 0.174 e. The number of fused-ring (bicyclic) bond motifs is 1. The maximum absolute atomic E-state index is 12.0. The average molecular weight is 284 g/mol. The molecular weight excluding hydrogens is 268 g/mol. The van der Waals surface area contributed by atoms with E-state index in [1.165, 1.54) is 22.5 Å². The molecule has 0 saturated carbocycles. The van der Waals surface area contributed by atoms with Crippen molar-refractivity contribution in [2.45, 2.75) is 26.8 Å². The summed E-state index contributed by atoms with van der Waals surface area (Å²) in [4.78, 5) is 17.3. The van der Waals surface area contributed by atoms with Gasteiger partial charge in [0.2, 0.25) is 0 Å². The van der Waals surface area contributed by atoms with E-state index in [1.807, 2.05) is 23.8 Å². The molecule has 0 N–H and O–H groups in total. The molecular formula is C16H16N2OS. The molecule has 0 radical (unpaired) electrons. The third kappa shape index (κ3) is 2.39. The average Bonchev–Trinajstić information content (AvgIpc) is 3.07. The minimum atomic E-state index is 0.200. The summed E-state index contributed by atoms with van der Waals surface area (Å²) >= 11 is 1.50. The molecule has 0 aliphatic rings. The number of Topliss-reactive ketones (excluding diaryl/α,β-unsaturated/α-hetero) is 1. The molecule has 0 fully saturated rings. The van der Waals surface area contributed by atoms with E-state index in [0.717, 1.165) is 15.9 Å². The number of aryl methyl sites for hydroxylation is 3. The second-order valence-corrected chi connectivity index (χ2v) is 5.96. The first-order valence-corrected chi connectivity index (χ1v) is 7.52. The maximum Gasteiger partial charge on any atom is 0.174 e. The topological polar surface area (TPSA) is 34.9 Å². The van der Waals surface area contributed by atoms with Gasteiger partial charge in [0.1, 0.15) is 0 Å². The van der Waals surface area contributed by atoms with Crippen molar-refractivity contribution in [3.63, 3.8) is 0 Å². The lowest BCUT2D eigenvalue weighted by molar-refractivity contribution is 0.0981. The van der Waals surface area contributed by atoms with Crippen molar-refractivity contribution in [1.29, 1.82) is 0 Å². The lowest BCUT2D eigenvalue weighted by atomic mass is 10.1. The summed E-state index contributed by atoms with van der Waals surface area (Å²) in [5.74, 6) is 0.200. The fourth-order valence-corrected chi connectivity index (χ4v) is 2.97. The number of nitrogens with zero attached hydrogens (tertiary/aromatic N) is 2. The van der Waals surface area contributed by atoms with E-state index in [9.17, 15) is 4.79 Å². The van der Waals surface area contributed by atoms with E-state index in [2.05, 4.69) is 35.5 Å². The summed E-state index contributed by atoms with van der Waals surface area (Å²) in [5.41, 5.74) is 4.60. The molecule has 0 bridgehead atoms. The van der Waals surface area contributed by atoms with Crippen LogP contribution in [0.1, 0.15) is 27.2 Å². The van der Waals surface area contributed by atoms with Gasteiger partial charge in [0.15, 0.2) is 5.78 Å². The van der Waals surface area contributed by atoms with Gasteiger partial charge in [-0.2, -0.15) is 0 Å². The van der Waals surface area contributed by atoms with Crippen LogP contribution in [0.3, 0.4) is 0 Å². The number of thiophene rings is 1. The second-order valence-electron chi connectivity index (χ2n) is 5.01. The monoisotopic (exact) mass is 284 g/mol. The Labute approximate surface area is 121 Å². The highest BCUT2D eigenvalue weighted by Gasteiger charge is 2.09. The van der Waals surface area contributed by atoms with Crippen LogP contribution in [-0.2, 0) is 6.54 Å². The van der Waals surface area contributed by atoms with Gasteiger partial charge >= 0.3 is 0 Å². The Morgan fingerprint density at radius 3 is 2.85 bits per heavy atom. The highest BCUT2D eigenvalue weighted by atomic mass is 32.1. The molecule has 0 spiro atoms. The van der Waals surface area contributed by atoms with Gasteiger partial charge < -0.3 is 4.57 Å². The molecule has 0 saturated heterocycles. The van der Waals surface area contributed by atoms with E-state index < -0.39 is 0 Å². The Hall–Kier alpha value is -1.94. The van der Waals surface area contributed by atoms with Gasteiger partial charge in [-0.1, -0.05) is 6.07 Å². The molecule has 2 heterocycles. The maximum atomic E-state index is 12.0. The molecule has 0 aliphatic carbocycles. The minimum absolute atomic E-state index is 0.200. The molecule has 0 atom stereocenters. The highest BCUT2D eigenvalue weighted by molar-refractivity contribution is 7.12. The minimum Gasteiger partial charge on any atom is -0.330 e. The molecule has 3 aromatic rings. The number of hydrogen-bond donors (Lipinski definition) is 0. The standard InChI is InChI=1S/C16H16N2OS/c1-11-8-13-14(9-12(11)2)18(10-17-13)6-5-15(19)16-4-3-7-20-16/h3-4,7-10H,5-6H2,1-2H3. The zero-order valence-corrected chi connectivity index (χ0v) is 12.4. The Morgan fingerprint density at radius 1 is 1.30 bits per heavy atom. The van der Waals surface area contributed by atoms with Crippen LogP contribution < -0.4 is 0 Å². The van der Waals surface area contributed by atoms with Gasteiger partial charge in [0.05, 0.1) is 22.2 Å². The predicted octanol–water partition coefficient (Wildman–Crippen LogP) is 3.99. The van der Waals surface area contributed by atoms with E-state index >= 15 is 0 Å². The number of carbonyl (C=O) groups is 1. The first-order chi connectivity index (χ1) is 9.65. The number of ketones is 1. The van der Waals surface area contributed by atoms with Crippen molar-refractivity contribution in [2.75, 3.05) is 0 Å². The van der Waals surface area contributed by atoms with Gasteiger partial charge in [0.25, 0.3) is 0 Å². The molecule has 0 aliphatic heterocycles. The SMILES string of the molecule is Cc1cc2ncn(CCC(=O)c3cccs3)c2cc1C. The van der Waals surface area contributed by atoms with Gasteiger partial charge in [-0.3, -0.25) is 4.79 Å². The van der Waals surface area contributed by atoms with Crippen molar-refractivity contribution in [3.8, 4) is 0 Å². The van der Waals surface area contributed by atoms with Gasteiger partial charge in [-0.15, -0.1) is 11.3 Å². The summed E-state index contributed by atoms with van der Waals surface area (Å²) in [6.45, 7) is 4.87. The zero-order valence-electron chi connectivity index (χ0n) is 11.6. The molecule has 4 heteroatoms. The Morgan fingerprint density at radius 2 is 2.10 bits per heavy atom. The number of imidazole rings is 1. The van der Waals surface area contributed by atoms with Crippen molar-refractivity contribution < 1.29 is 4.79 Å². The summed E-state index contributed by atoms with van der Waals surface area (Å²) in [5, 5.41) is 1.94. The van der Waals surface area contributed by atoms with Crippen molar-refractivity contribution >= 4 is 28.2 Å². The van der Waals surface area contributed by atoms with Crippen molar-refractivity contribution in [1.82, 2.24) is 9.55 Å². The third-order valence-corrected chi connectivity index (χ3v) is 4.52. The van der Waals surface area contributed by atoms with Gasteiger partial charge in [-0.25, -0.2) is 4.98 Å². The molecule has 20 heavy (non-hydrogen) atoms. The molecule has 102 valence electrons. The number of benzene rings is 1. The van der Waals surface area contributed by atoms with E-state index in [4.69, 9.17) is 0 Å². The normalized spacial score (nSPS) is 11.1. The molecule has 0 unspecified atom stereocenters. The zero-order chi connectivity index (χ0) is 14.1. The number of rotatable bonds is 4. The van der Waals surface area contributed by atoms with E-state index in [1.54, 1.807) is 0 Å². The Kier molecular flexibility index (Phi) is 3.40. The Balaban J connectivity index is 1.81. The number of carbonyl (C=O) groups excluding carboxylic acids is 1. The fraction of sp³-hybridized carbons (Fsp3) is 0.250. The molecule has 3 nitrogen and oxygen atoms in total. The van der Waals surface area contributed by atoms with Crippen LogP contribution in [0.4, 0.5) is 0 Å². The van der Waals surface area contributed by atoms with E-state index in [0.29, 0.717) is 13.0 Å². The summed E-state index contributed by atoms with van der Waals surface area (Å²) < 4.78 is 2.06. The van der Waals surface area contributed by atoms with Gasteiger partial charge in [-0.05, 0) is 48.6 Å². The van der Waals surface area contributed by atoms with Gasteiger partial charge in [0, 0.05) is 13.0 Å². The first-order valence-electron chi connectivity index (χ1n) is 6.64. The fourth-order valence-electron chi connectivity index (χ4n) is 2.27.